The van der Waals surface area contributed by atoms with Crippen LogP contribution in [0.15, 0.2) is 77.8 Å². The lowest BCUT2D eigenvalue weighted by Gasteiger charge is -2.29. The van der Waals surface area contributed by atoms with Crippen molar-refractivity contribution in [2.45, 2.75) is 4.90 Å². The number of imidazole rings is 1. The molecule has 0 bridgehead atoms. The van der Waals surface area contributed by atoms with Gasteiger partial charge in [0.05, 0.1) is 37.0 Å². The van der Waals surface area contributed by atoms with Gasteiger partial charge in [-0.05, 0) is 54.1 Å². The first-order valence-corrected chi connectivity index (χ1v) is 14.9. The molecule has 234 valence electrons. The first kappa shape index (κ1) is 31.2. The quantitative estimate of drug-likeness (QED) is 0.219. The molecule has 0 unspecified atom stereocenters. The highest BCUT2D eigenvalue weighted by Crippen LogP contribution is 2.34. The van der Waals surface area contributed by atoms with Gasteiger partial charge < -0.3 is 25.2 Å². The zero-order valence-corrected chi connectivity index (χ0v) is 24.7. The van der Waals surface area contributed by atoms with E-state index in [-0.39, 0.29) is 18.0 Å². The van der Waals surface area contributed by atoms with Crippen LogP contribution in [-0.4, -0.2) is 67.9 Å². The number of halogens is 2. The number of aromatic nitrogens is 3. The van der Waals surface area contributed by atoms with E-state index in [0.717, 1.165) is 42.1 Å². The van der Waals surface area contributed by atoms with Gasteiger partial charge in [-0.1, -0.05) is 12.1 Å². The van der Waals surface area contributed by atoms with E-state index in [4.69, 9.17) is 25.1 Å². The summed E-state index contributed by atoms with van der Waals surface area (Å²) in [7, 11) is -3.10. The van der Waals surface area contributed by atoms with E-state index in [2.05, 4.69) is 19.6 Å². The predicted molar refractivity (Wildman–Crippen MR) is 164 cm³/mol. The standard InChI is InChI=1S/C29H26F2N6O4S.CH2O2/c1-40-28-25(35-42(38,39)27-8-6-20(30)15-23(27)31)13-19(17-33-28)18-5-7-24-26(14-18)37(29(32)34-24)22-4-2-3-21(16-22)36-9-11-41-12-10-36;2-1-3/h2-8,13-17,35H,9-12H2,1H3,(H2,32,34);1H,(H,2,3). The molecule has 1 aliphatic heterocycles. The molecule has 5 aromatic rings. The summed E-state index contributed by atoms with van der Waals surface area (Å²) in [5, 5.41) is 6.89. The molecule has 0 radical (unpaired) electrons. The molecule has 1 saturated heterocycles. The van der Waals surface area contributed by atoms with Crippen molar-refractivity contribution < 1.29 is 36.6 Å². The van der Waals surface area contributed by atoms with Gasteiger partial charge in [-0.15, -0.1) is 0 Å². The van der Waals surface area contributed by atoms with Crippen LogP contribution < -0.4 is 20.1 Å². The molecule has 45 heavy (non-hydrogen) atoms. The van der Waals surface area contributed by atoms with Gasteiger partial charge in [-0.2, -0.15) is 0 Å². The number of morpholine rings is 1. The minimum atomic E-state index is -4.43. The molecule has 0 saturated carbocycles. The summed E-state index contributed by atoms with van der Waals surface area (Å²) in [5.41, 5.74) is 10.9. The first-order chi connectivity index (χ1) is 21.6. The van der Waals surface area contributed by atoms with Gasteiger partial charge in [-0.3, -0.25) is 14.1 Å². The van der Waals surface area contributed by atoms with Gasteiger partial charge in [0, 0.05) is 36.6 Å². The third-order valence-corrected chi connectivity index (χ3v) is 8.35. The molecular weight excluding hydrogens is 610 g/mol. The average Bonchev–Trinajstić information content (AvgIpc) is 3.36. The maximum Gasteiger partial charge on any atom is 0.290 e. The van der Waals surface area contributed by atoms with Crippen molar-refractivity contribution in [2.24, 2.45) is 0 Å². The molecule has 0 spiro atoms. The van der Waals surface area contributed by atoms with Crippen molar-refractivity contribution in [3.63, 3.8) is 0 Å². The fraction of sp³-hybridized carbons (Fsp3) is 0.167. The number of hydrogen-bond acceptors (Lipinski definition) is 9. The number of pyridine rings is 1. The molecule has 4 N–H and O–H groups in total. The zero-order valence-electron chi connectivity index (χ0n) is 23.9. The monoisotopic (exact) mass is 638 g/mol. The van der Waals surface area contributed by atoms with E-state index in [1.807, 2.05) is 47.0 Å². The lowest BCUT2D eigenvalue weighted by molar-refractivity contribution is -0.122. The number of rotatable bonds is 7. The second-order valence-corrected chi connectivity index (χ2v) is 11.3. The maximum absolute atomic E-state index is 14.3. The Bertz CT molecular complexity index is 1960. The van der Waals surface area contributed by atoms with Gasteiger partial charge >= 0.3 is 0 Å². The number of nitrogens with two attached hydrogens (primary N) is 1. The second-order valence-electron chi connectivity index (χ2n) is 9.69. The molecule has 1 fully saturated rings. The van der Waals surface area contributed by atoms with Gasteiger partial charge in [0.1, 0.15) is 22.2 Å². The Balaban J connectivity index is 0.00000128. The smallest absolute Gasteiger partial charge is 0.290 e. The van der Waals surface area contributed by atoms with Crippen LogP contribution in [0, 0.1) is 11.6 Å². The third-order valence-electron chi connectivity index (χ3n) is 6.95. The summed E-state index contributed by atoms with van der Waals surface area (Å²) < 4.78 is 68.5. The van der Waals surface area contributed by atoms with Crippen molar-refractivity contribution >= 4 is 44.9 Å². The Hall–Kier alpha value is -5.28. The van der Waals surface area contributed by atoms with E-state index in [9.17, 15) is 17.2 Å². The largest absolute Gasteiger partial charge is 0.483 e. The number of sulfonamides is 1. The average molecular weight is 639 g/mol. The fourth-order valence-corrected chi connectivity index (χ4v) is 6.04. The Labute approximate surface area is 256 Å². The molecule has 1 aliphatic rings. The van der Waals surface area contributed by atoms with Crippen LogP contribution in [0.3, 0.4) is 0 Å². The molecular formula is C30H28F2N6O6S. The van der Waals surface area contributed by atoms with Gasteiger partial charge in [-0.25, -0.2) is 27.2 Å². The molecule has 0 amide bonds. The SMILES string of the molecule is COc1ncc(-c2ccc3nc(N)n(-c4cccc(N5CCOCC5)c4)c3c2)cc1NS(=O)(=O)c1ccc(F)cc1F.O=CO. The van der Waals surface area contributed by atoms with Crippen molar-refractivity contribution in [2.75, 3.05) is 48.8 Å². The molecule has 3 heterocycles. The van der Waals surface area contributed by atoms with E-state index in [0.29, 0.717) is 41.9 Å². The van der Waals surface area contributed by atoms with Crippen LogP contribution in [0.25, 0.3) is 27.8 Å². The fourth-order valence-electron chi connectivity index (χ4n) is 4.93. The molecule has 0 atom stereocenters. The highest BCUT2D eigenvalue weighted by Gasteiger charge is 2.23. The van der Waals surface area contributed by atoms with Crippen LogP contribution in [0.5, 0.6) is 5.88 Å². The minimum Gasteiger partial charge on any atom is -0.483 e. The zero-order chi connectivity index (χ0) is 32.1. The Morgan fingerprint density at radius 3 is 2.47 bits per heavy atom. The summed E-state index contributed by atoms with van der Waals surface area (Å²) in [6.07, 6.45) is 1.53. The third kappa shape index (κ3) is 6.63. The minimum absolute atomic E-state index is 0.0231. The summed E-state index contributed by atoms with van der Waals surface area (Å²) >= 11 is 0. The van der Waals surface area contributed by atoms with E-state index in [1.54, 1.807) is 0 Å². The number of nitrogens with zero attached hydrogens (tertiary/aromatic N) is 4. The lowest BCUT2D eigenvalue weighted by Crippen LogP contribution is -2.36. The van der Waals surface area contributed by atoms with E-state index in [1.165, 1.54) is 19.4 Å². The molecule has 2 aromatic heterocycles. The predicted octanol–water partition coefficient (Wildman–Crippen LogP) is 4.29. The van der Waals surface area contributed by atoms with Crippen LogP contribution in [0.4, 0.5) is 26.1 Å². The number of benzene rings is 3. The summed E-state index contributed by atoms with van der Waals surface area (Å²) in [6, 6.07) is 17.2. The molecule has 0 aliphatic carbocycles. The topological polar surface area (TPSA) is 162 Å². The number of fused-ring (bicyclic) bond motifs is 1. The number of carboxylic acid groups (broad SMARTS) is 1. The summed E-state index contributed by atoms with van der Waals surface area (Å²) in [6.45, 7) is 2.66. The second kappa shape index (κ2) is 13.2. The van der Waals surface area contributed by atoms with Gasteiger partial charge in [0.25, 0.3) is 16.5 Å². The van der Waals surface area contributed by atoms with Crippen LogP contribution >= 0.6 is 0 Å². The Morgan fingerprint density at radius 2 is 1.76 bits per heavy atom. The summed E-state index contributed by atoms with van der Waals surface area (Å²) in [4.78, 5) is 18.7. The number of carbonyl (C=O) groups is 1. The van der Waals surface area contributed by atoms with Crippen molar-refractivity contribution in [1.29, 1.82) is 0 Å². The number of hydrogen-bond donors (Lipinski definition) is 3. The van der Waals surface area contributed by atoms with Crippen LogP contribution in [-0.2, 0) is 19.6 Å². The van der Waals surface area contributed by atoms with Gasteiger partial charge in [0.2, 0.25) is 11.8 Å². The van der Waals surface area contributed by atoms with Crippen LogP contribution in [0.1, 0.15) is 0 Å². The van der Waals surface area contributed by atoms with E-state index < -0.39 is 26.6 Å². The number of anilines is 3. The first-order valence-electron chi connectivity index (χ1n) is 13.5. The molecule has 3 aromatic carbocycles. The van der Waals surface area contributed by atoms with Crippen molar-refractivity contribution in [3.05, 3.63) is 84.6 Å². The summed E-state index contributed by atoms with van der Waals surface area (Å²) in [5.74, 6) is -1.83. The number of nitrogen functional groups attached to an aromatic ring is 1. The van der Waals surface area contributed by atoms with Crippen molar-refractivity contribution in [1.82, 2.24) is 14.5 Å². The van der Waals surface area contributed by atoms with Gasteiger partial charge in [0.15, 0.2) is 0 Å². The number of nitrogens with one attached hydrogen (secondary N) is 1. The maximum atomic E-state index is 14.3. The highest BCUT2D eigenvalue weighted by molar-refractivity contribution is 7.92. The van der Waals surface area contributed by atoms with Crippen LogP contribution in [0.2, 0.25) is 0 Å². The number of methoxy groups -OCH3 is 1. The Morgan fingerprint density at radius 1 is 1.02 bits per heavy atom. The molecule has 12 nitrogen and oxygen atoms in total. The number of ether oxygens (including phenoxy) is 2. The molecule has 15 heteroatoms. The lowest BCUT2D eigenvalue weighted by atomic mass is 10.1. The highest BCUT2D eigenvalue weighted by atomic mass is 32.2. The van der Waals surface area contributed by atoms with Crippen molar-refractivity contribution in [3.8, 4) is 22.7 Å². The molecule has 6 rings (SSSR count). The van der Waals surface area contributed by atoms with E-state index >= 15 is 0 Å². The normalized spacial score (nSPS) is 13.2. The Kier molecular flexibility index (Phi) is 9.11.